The molecule has 0 saturated carbocycles. The fourth-order valence-electron chi connectivity index (χ4n) is 1.34. The standard InChI is InChI=1S/C9H6BrNO2S/c10-7-3-4-6(14-7)2-1-5(11)8(4)9(12)13/h1-3H,11H2,(H,12,13). The average molecular weight is 272 g/mol. The lowest BCUT2D eigenvalue weighted by Crippen LogP contribution is -2.02. The van der Waals surface area contributed by atoms with Crippen LogP contribution in [-0.4, -0.2) is 11.1 Å². The monoisotopic (exact) mass is 271 g/mol. The van der Waals surface area contributed by atoms with Crippen LogP contribution in [0.1, 0.15) is 10.4 Å². The van der Waals surface area contributed by atoms with Crippen LogP contribution in [0.5, 0.6) is 0 Å². The number of aromatic carboxylic acids is 1. The van der Waals surface area contributed by atoms with Crippen molar-refractivity contribution in [3.05, 3.63) is 27.5 Å². The predicted molar refractivity (Wildman–Crippen MR) is 60.9 cm³/mol. The first-order valence-corrected chi connectivity index (χ1v) is 5.41. The van der Waals surface area contributed by atoms with Crippen LogP contribution in [-0.2, 0) is 0 Å². The van der Waals surface area contributed by atoms with E-state index in [2.05, 4.69) is 15.9 Å². The van der Waals surface area contributed by atoms with Crippen molar-refractivity contribution in [2.45, 2.75) is 0 Å². The molecule has 0 aliphatic heterocycles. The Morgan fingerprint density at radius 1 is 1.50 bits per heavy atom. The van der Waals surface area contributed by atoms with Gasteiger partial charge in [-0.3, -0.25) is 0 Å². The molecule has 3 nitrogen and oxygen atoms in total. The van der Waals surface area contributed by atoms with Crippen LogP contribution in [0.15, 0.2) is 22.0 Å². The summed E-state index contributed by atoms with van der Waals surface area (Å²) in [5.41, 5.74) is 6.09. The molecule has 1 aromatic carbocycles. The molecule has 72 valence electrons. The zero-order chi connectivity index (χ0) is 10.3. The number of halogens is 1. The number of benzene rings is 1. The molecular formula is C9H6BrNO2S. The summed E-state index contributed by atoms with van der Waals surface area (Å²) in [5, 5.41) is 9.67. The van der Waals surface area contributed by atoms with Crippen molar-refractivity contribution in [2.24, 2.45) is 0 Å². The molecule has 1 heterocycles. The smallest absolute Gasteiger partial charge is 0.338 e. The van der Waals surface area contributed by atoms with E-state index in [1.54, 1.807) is 12.1 Å². The number of carboxylic acid groups (broad SMARTS) is 1. The van der Waals surface area contributed by atoms with Gasteiger partial charge in [0.2, 0.25) is 0 Å². The van der Waals surface area contributed by atoms with Crippen LogP contribution in [0.25, 0.3) is 10.1 Å². The summed E-state index contributed by atoms with van der Waals surface area (Å²) in [5.74, 6) is -0.988. The van der Waals surface area contributed by atoms with Crippen LogP contribution in [0.3, 0.4) is 0 Å². The summed E-state index contributed by atoms with van der Waals surface area (Å²) < 4.78 is 1.82. The lowest BCUT2D eigenvalue weighted by atomic mass is 10.1. The van der Waals surface area contributed by atoms with Gasteiger partial charge in [-0.1, -0.05) is 0 Å². The maximum Gasteiger partial charge on any atom is 0.338 e. The van der Waals surface area contributed by atoms with E-state index < -0.39 is 5.97 Å². The third kappa shape index (κ3) is 1.38. The van der Waals surface area contributed by atoms with Gasteiger partial charge in [-0.15, -0.1) is 11.3 Å². The van der Waals surface area contributed by atoms with Crippen LogP contribution in [0.4, 0.5) is 5.69 Å². The van der Waals surface area contributed by atoms with Crippen LogP contribution in [0.2, 0.25) is 0 Å². The van der Waals surface area contributed by atoms with Crippen molar-refractivity contribution in [3.63, 3.8) is 0 Å². The molecule has 0 aliphatic rings. The molecule has 5 heteroatoms. The highest BCUT2D eigenvalue weighted by Gasteiger charge is 2.14. The maximum absolute atomic E-state index is 11.0. The summed E-state index contributed by atoms with van der Waals surface area (Å²) in [7, 11) is 0. The summed E-state index contributed by atoms with van der Waals surface area (Å²) in [6.45, 7) is 0. The van der Waals surface area contributed by atoms with E-state index >= 15 is 0 Å². The third-order valence-corrected chi connectivity index (χ3v) is 3.52. The number of anilines is 1. The van der Waals surface area contributed by atoms with E-state index in [4.69, 9.17) is 10.8 Å². The first-order valence-electron chi connectivity index (χ1n) is 3.80. The number of nitrogen functional groups attached to an aromatic ring is 1. The fraction of sp³-hybridized carbons (Fsp3) is 0. The van der Waals surface area contributed by atoms with Crippen molar-refractivity contribution in [2.75, 3.05) is 5.73 Å². The van der Waals surface area contributed by atoms with Crippen LogP contribution < -0.4 is 5.73 Å². The summed E-state index contributed by atoms with van der Waals surface area (Å²) in [4.78, 5) is 11.0. The Hall–Kier alpha value is -1.07. The molecule has 0 aliphatic carbocycles. The van der Waals surface area contributed by atoms with E-state index in [9.17, 15) is 4.79 Å². The van der Waals surface area contributed by atoms with Crippen LogP contribution >= 0.6 is 27.3 Å². The Bertz CT molecular complexity index is 521. The number of hydrogen-bond acceptors (Lipinski definition) is 3. The van der Waals surface area contributed by atoms with Crippen molar-refractivity contribution >= 4 is 49.0 Å². The third-order valence-electron chi connectivity index (χ3n) is 1.92. The molecule has 0 spiro atoms. The molecule has 14 heavy (non-hydrogen) atoms. The molecule has 2 aromatic rings. The average Bonchev–Trinajstić information content (AvgIpc) is 2.43. The van der Waals surface area contributed by atoms with Gasteiger partial charge < -0.3 is 10.8 Å². The van der Waals surface area contributed by atoms with Gasteiger partial charge in [0.1, 0.15) is 0 Å². The Labute approximate surface area is 92.3 Å². The summed E-state index contributed by atoms with van der Waals surface area (Å²) in [6, 6.07) is 5.22. The Kier molecular flexibility index (Phi) is 2.20. The van der Waals surface area contributed by atoms with Gasteiger partial charge in [-0.2, -0.15) is 0 Å². The normalized spacial score (nSPS) is 10.6. The van der Waals surface area contributed by atoms with Gasteiger partial charge in [0, 0.05) is 15.8 Å². The largest absolute Gasteiger partial charge is 0.478 e. The van der Waals surface area contributed by atoms with Gasteiger partial charge in [0.25, 0.3) is 0 Å². The van der Waals surface area contributed by atoms with E-state index in [0.29, 0.717) is 11.1 Å². The van der Waals surface area contributed by atoms with E-state index in [1.807, 2.05) is 6.07 Å². The lowest BCUT2D eigenvalue weighted by molar-refractivity contribution is 0.0700. The number of nitrogens with two attached hydrogens (primary N) is 1. The molecule has 0 unspecified atom stereocenters. The first-order chi connectivity index (χ1) is 6.59. The van der Waals surface area contributed by atoms with Gasteiger partial charge in [0.15, 0.2) is 0 Å². The predicted octanol–water partition coefficient (Wildman–Crippen LogP) is 2.94. The van der Waals surface area contributed by atoms with E-state index in [-0.39, 0.29) is 5.56 Å². The Morgan fingerprint density at radius 3 is 2.86 bits per heavy atom. The zero-order valence-corrected chi connectivity index (χ0v) is 9.35. The lowest BCUT2D eigenvalue weighted by Gasteiger charge is -2.00. The molecule has 0 amide bonds. The van der Waals surface area contributed by atoms with Gasteiger partial charge in [0.05, 0.1) is 9.35 Å². The number of rotatable bonds is 1. The van der Waals surface area contributed by atoms with Crippen molar-refractivity contribution < 1.29 is 9.90 Å². The van der Waals surface area contributed by atoms with Crippen LogP contribution in [0, 0.1) is 0 Å². The second kappa shape index (κ2) is 3.25. The zero-order valence-electron chi connectivity index (χ0n) is 6.95. The molecule has 0 fully saturated rings. The summed E-state index contributed by atoms with van der Waals surface area (Å²) in [6.07, 6.45) is 0. The molecule has 1 aromatic heterocycles. The van der Waals surface area contributed by atoms with Crippen molar-refractivity contribution in [3.8, 4) is 0 Å². The Balaban J connectivity index is 2.88. The molecule has 3 N–H and O–H groups in total. The number of fused-ring (bicyclic) bond motifs is 1. The highest BCUT2D eigenvalue weighted by atomic mass is 79.9. The molecular weight excluding hydrogens is 266 g/mol. The summed E-state index contributed by atoms with van der Waals surface area (Å²) >= 11 is 4.81. The quantitative estimate of drug-likeness (QED) is 0.784. The number of carboxylic acids is 1. The molecule has 0 bridgehead atoms. The van der Waals surface area contributed by atoms with Gasteiger partial charge in [-0.25, -0.2) is 4.79 Å². The highest BCUT2D eigenvalue weighted by molar-refractivity contribution is 9.11. The molecule has 0 radical (unpaired) electrons. The van der Waals surface area contributed by atoms with Crippen molar-refractivity contribution in [1.82, 2.24) is 0 Å². The molecule has 2 rings (SSSR count). The van der Waals surface area contributed by atoms with E-state index in [0.717, 1.165) is 8.49 Å². The number of hydrogen-bond donors (Lipinski definition) is 2. The SMILES string of the molecule is Nc1ccc2sc(Br)cc2c1C(=O)O. The highest BCUT2D eigenvalue weighted by Crippen LogP contribution is 2.34. The molecule has 0 atom stereocenters. The number of carbonyl (C=O) groups is 1. The second-order valence-corrected chi connectivity index (χ2v) is 5.26. The minimum absolute atomic E-state index is 0.185. The topological polar surface area (TPSA) is 63.3 Å². The van der Waals surface area contributed by atoms with Gasteiger partial charge in [-0.05, 0) is 34.1 Å². The number of thiophene rings is 1. The second-order valence-electron chi connectivity index (χ2n) is 2.80. The first kappa shape index (κ1) is 9.48. The van der Waals surface area contributed by atoms with Gasteiger partial charge >= 0.3 is 5.97 Å². The minimum Gasteiger partial charge on any atom is -0.478 e. The van der Waals surface area contributed by atoms with Crippen molar-refractivity contribution in [1.29, 1.82) is 0 Å². The Morgan fingerprint density at radius 2 is 2.21 bits per heavy atom. The maximum atomic E-state index is 11.0. The molecule has 0 saturated heterocycles. The fourth-order valence-corrected chi connectivity index (χ4v) is 2.88. The minimum atomic E-state index is -0.988. The van der Waals surface area contributed by atoms with E-state index in [1.165, 1.54) is 11.3 Å².